The third-order valence-corrected chi connectivity index (χ3v) is 9.34. The van der Waals surface area contributed by atoms with Gasteiger partial charge in [-0.15, -0.1) is 0 Å². The van der Waals surface area contributed by atoms with E-state index in [-0.39, 0.29) is 12.1 Å². The lowest BCUT2D eigenvalue weighted by Gasteiger charge is -2.49. The van der Waals surface area contributed by atoms with Crippen molar-refractivity contribution < 1.29 is 14.3 Å². The SMILES string of the molecule is C=CC(=O)OC1CCC(OC2CCC(N(C3CCC(C)CC3)C3CCC(C)CC3)CC2)CC1. The molecule has 4 heteroatoms. The van der Waals surface area contributed by atoms with Gasteiger partial charge < -0.3 is 9.47 Å². The fourth-order valence-electron chi connectivity index (χ4n) is 7.23. The van der Waals surface area contributed by atoms with E-state index >= 15 is 0 Å². The Kier molecular flexibility index (Phi) is 9.33. The summed E-state index contributed by atoms with van der Waals surface area (Å²) in [6.07, 6.45) is 22.4. The summed E-state index contributed by atoms with van der Waals surface area (Å²) in [6.45, 7) is 8.39. The van der Waals surface area contributed by atoms with Crippen LogP contribution in [0.15, 0.2) is 12.7 Å². The first-order valence-electron chi connectivity index (χ1n) is 14.3. The second kappa shape index (κ2) is 12.2. The molecule has 0 saturated heterocycles. The fourth-order valence-corrected chi connectivity index (χ4v) is 7.23. The van der Waals surface area contributed by atoms with Crippen LogP contribution < -0.4 is 0 Å². The smallest absolute Gasteiger partial charge is 0.330 e. The topological polar surface area (TPSA) is 38.8 Å². The number of hydrogen-bond donors (Lipinski definition) is 0. The Bertz CT molecular complexity index is 582. The van der Waals surface area contributed by atoms with Crippen LogP contribution in [-0.2, 0) is 14.3 Å². The molecule has 4 rings (SSSR count). The van der Waals surface area contributed by atoms with E-state index in [0.717, 1.165) is 55.6 Å². The van der Waals surface area contributed by atoms with Gasteiger partial charge in [-0.1, -0.05) is 20.4 Å². The van der Waals surface area contributed by atoms with Crippen molar-refractivity contribution in [3.05, 3.63) is 12.7 Å². The molecular weight excluding hydrogens is 410 g/mol. The van der Waals surface area contributed by atoms with Crippen molar-refractivity contribution in [2.75, 3.05) is 0 Å². The molecule has 4 aliphatic rings. The van der Waals surface area contributed by atoms with Gasteiger partial charge in [0.2, 0.25) is 0 Å². The van der Waals surface area contributed by atoms with Crippen molar-refractivity contribution in [2.45, 2.75) is 153 Å². The van der Waals surface area contributed by atoms with Crippen LogP contribution in [0.3, 0.4) is 0 Å². The summed E-state index contributed by atoms with van der Waals surface area (Å²) in [6, 6.07) is 2.43. The molecule has 0 aromatic heterocycles. The van der Waals surface area contributed by atoms with E-state index in [0.29, 0.717) is 12.2 Å². The lowest BCUT2D eigenvalue weighted by atomic mass is 9.79. The van der Waals surface area contributed by atoms with E-state index in [4.69, 9.17) is 9.47 Å². The van der Waals surface area contributed by atoms with E-state index in [2.05, 4.69) is 25.3 Å². The Morgan fingerprint density at radius 2 is 1.00 bits per heavy atom. The highest BCUT2D eigenvalue weighted by Gasteiger charge is 2.38. The Morgan fingerprint density at radius 3 is 1.42 bits per heavy atom. The van der Waals surface area contributed by atoms with Crippen molar-refractivity contribution in [1.29, 1.82) is 0 Å². The zero-order valence-corrected chi connectivity index (χ0v) is 21.4. The minimum atomic E-state index is -0.290. The van der Waals surface area contributed by atoms with Gasteiger partial charge in [0, 0.05) is 24.2 Å². The van der Waals surface area contributed by atoms with Gasteiger partial charge >= 0.3 is 5.97 Å². The van der Waals surface area contributed by atoms with Crippen molar-refractivity contribution >= 4 is 5.97 Å². The summed E-state index contributed by atoms with van der Waals surface area (Å²) in [4.78, 5) is 14.5. The molecule has 0 radical (unpaired) electrons. The molecule has 0 aromatic rings. The van der Waals surface area contributed by atoms with Crippen LogP contribution in [0.25, 0.3) is 0 Å². The largest absolute Gasteiger partial charge is 0.459 e. The van der Waals surface area contributed by atoms with Crippen molar-refractivity contribution in [3.8, 4) is 0 Å². The van der Waals surface area contributed by atoms with Crippen LogP contribution >= 0.6 is 0 Å². The van der Waals surface area contributed by atoms with E-state index in [1.807, 2.05) is 0 Å². The van der Waals surface area contributed by atoms with Crippen LogP contribution in [0.4, 0.5) is 0 Å². The van der Waals surface area contributed by atoms with Crippen LogP contribution in [-0.4, -0.2) is 47.3 Å². The predicted molar refractivity (Wildman–Crippen MR) is 134 cm³/mol. The fraction of sp³-hybridized carbons (Fsp3) is 0.897. The summed E-state index contributed by atoms with van der Waals surface area (Å²) >= 11 is 0. The maximum absolute atomic E-state index is 11.4. The quantitative estimate of drug-likeness (QED) is 0.309. The van der Waals surface area contributed by atoms with Gasteiger partial charge in [0.1, 0.15) is 6.10 Å². The van der Waals surface area contributed by atoms with Gasteiger partial charge in [-0.25, -0.2) is 4.79 Å². The average Bonchev–Trinajstić information content (AvgIpc) is 2.84. The standard InChI is InChI=1S/C29H49NO3/c1-4-29(31)33-28-19-17-27(18-20-28)32-26-15-13-25(14-16-26)30(23-9-5-21(2)6-10-23)24-11-7-22(3)8-12-24/h4,21-28H,1,5-20H2,2-3H3. The Labute approximate surface area is 202 Å². The molecule has 188 valence electrons. The van der Waals surface area contributed by atoms with Crippen LogP contribution in [0.5, 0.6) is 0 Å². The van der Waals surface area contributed by atoms with Gasteiger partial charge in [-0.05, 0) is 115 Å². The minimum Gasteiger partial charge on any atom is -0.459 e. The number of carbonyl (C=O) groups is 1. The molecule has 0 N–H and O–H groups in total. The third-order valence-electron chi connectivity index (χ3n) is 9.34. The predicted octanol–water partition coefficient (Wildman–Crippen LogP) is 6.81. The molecule has 4 aliphatic carbocycles. The molecule has 0 aliphatic heterocycles. The lowest BCUT2D eigenvalue weighted by Crippen LogP contribution is -2.53. The zero-order chi connectivity index (χ0) is 23.2. The highest BCUT2D eigenvalue weighted by atomic mass is 16.5. The highest BCUT2D eigenvalue weighted by Crippen LogP contribution is 2.39. The van der Waals surface area contributed by atoms with Gasteiger partial charge in [0.25, 0.3) is 0 Å². The molecule has 0 aromatic carbocycles. The Balaban J connectivity index is 1.26. The normalized spacial score (nSPS) is 40.3. The molecule has 0 bridgehead atoms. The molecular formula is C29H49NO3. The van der Waals surface area contributed by atoms with Gasteiger partial charge in [-0.2, -0.15) is 0 Å². The van der Waals surface area contributed by atoms with Crippen molar-refractivity contribution in [2.24, 2.45) is 11.8 Å². The van der Waals surface area contributed by atoms with Crippen LogP contribution in [0.2, 0.25) is 0 Å². The third kappa shape index (κ3) is 7.07. The second-order valence-corrected chi connectivity index (χ2v) is 11.9. The number of hydrogen-bond acceptors (Lipinski definition) is 4. The van der Waals surface area contributed by atoms with E-state index in [9.17, 15) is 4.79 Å². The van der Waals surface area contributed by atoms with Crippen LogP contribution in [0, 0.1) is 11.8 Å². The number of nitrogens with zero attached hydrogens (tertiary/aromatic N) is 1. The number of carbonyl (C=O) groups excluding carboxylic acids is 1. The summed E-state index contributed by atoms with van der Waals surface area (Å²) in [5.41, 5.74) is 0. The molecule has 0 heterocycles. The van der Waals surface area contributed by atoms with Gasteiger partial charge in [0.15, 0.2) is 0 Å². The summed E-state index contributed by atoms with van der Waals surface area (Å²) in [5.74, 6) is 1.56. The minimum absolute atomic E-state index is 0.0519. The average molecular weight is 460 g/mol. The highest BCUT2D eigenvalue weighted by molar-refractivity contribution is 5.81. The lowest BCUT2D eigenvalue weighted by molar-refractivity contribution is -0.147. The molecule has 4 fully saturated rings. The summed E-state index contributed by atoms with van der Waals surface area (Å²) in [7, 11) is 0. The molecule has 0 atom stereocenters. The molecule has 0 spiro atoms. The van der Waals surface area contributed by atoms with Crippen molar-refractivity contribution in [1.82, 2.24) is 4.90 Å². The van der Waals surface area contributed by atoms with Crippen molar-refractivity contribution in [3.63, 3.8) is 0 Å². The first kappa shape index (κ1) is 25.2. The van der Waals surface area contributed by atoms with E-state index < -0.39 is 0 Å². The summed E-state index contributed by atoms with van der Waals surface area (Å²) < 4.78 is 12.0. The maximum atomic E-state index is 11.4. The van der Waals surface area contributed by atoms with E-state index in [1.54, 1.807) is 0 Å². The Hall–Kier alpha value is -0.870. The molecule has 4 saturated carbocycles. The van der Waals surface area contributed by atoms with Crippen LogP contribution in [0.1, 0.15) is 117 Å². The second-order valence-electron chi connectivity index (χ2n) is 11.9. The summed E-state index contributed by atoms with van der Waals surface area (Å²) in [5, 5.41) is 0. The molecule has 0 unspecified atom stereocenters. The van der Waals surface area contributed by atoms with E-state index in [1.165, 1.54) is 83.1 Å². The van der Waals surface area contributed by atoms with Gasteiger partial charge in [-0.3, -0.25) is 4.90 Å². The number of esters is 1. The maximum Gasteiger partial charge on any atom is 0.330 e. The first-order valence-corrected chi connectivity index (χ1v) is 14.3. The molecule has 0 amide bonds. The Morgan fingerprint density at radius 1 is 0.636 bits per heavy atom. The molecule has 4 nitrogen and oxygen atoms in total. The first-order chi connectivity index (χ1) is 16.0. The molecule has 33 heavy (non-hydrogen) atoms. The number of ether oxygens (including phenoxy) is 2. The monoisotopic (exact) mass is 459 g/mol. The number of rotatable bonds is 7. The van der Waals surface area contributed by atoms with Gasteiger partial charge in [0.05, 0.1) is 12.2 Å². The zero-order valence-electron chi connectivity index (χ0n) is 21.4.